The number of ether oxygens (including phenoxy) is 1. The SMILES string of the molecule is Cc1[nH]c(C2CCOCC2)nc(=S)c1C(C)C. The first kappa shape index (κ1) is 12.7. The van der Waals surface area contributed by atoms with Crippen LogP contribution in [0.5, 0.6) is 0 Å². The van der Waals surface area contributed by atoms with Crippen LogP contribution in [0.1, 0.15) is 55.6 Å². The van der Waals surface area contributed by atoms with E-state index in [0.29, 0.717) is 11.8 Å². The van der Waals surface area contributed by atoms with Crippen LogP contribution in [-0.2, 0) is 4.74 Å². The first-order valence-corrected chi connectivity index (χ1v) is 6.69. The highest BCUT2D eigenvalue weighted by molar-refractivity contribution is 7.71. The Labute approximate surface area is 108 Å². The van der Waals surface area contributed by atoms with Gasteiger partial charge in [0.15, 0.2) is 0 Å². The Bertz CT molecular complexity index is 447. The Morgan fingerprint density at radius 1 is 1.35 bits per heavy atom. The molecule has 0 saturated carbocycles. The van der Waals surface area contributed by atoms with Crippen LogP contribution in [0.4, 0.5) is 0 Å². The van der Waals surface area contributed by atoms with E-state index in [1.54, 1.807) is 0 Å². The maximum atomic E-state index is 5.41. The number of nitrogens with one attached hydrogen (secondary N) is 1. The fourth-order valence-corrected chi connectivity index (χ4v) is 2.95. The minimum atomic E-state index is 0.426. The second-order valence-electron chi connectivity index (χ2n) is 5.01. The van der Waals surface area contributed by atoms with Crippen molar-refractivity contribution in [3.05, 3.63) is 21.7 Å². The number of hydrogen-bond donors (Lipinski definition) is 1. The normalized spacial score (nSPS) is 17.6. The topological polar surface area (TPSA) is 37.9 Å². The maximum absolute atomic E-state index is 5.41. The van der Waals surface area contributed by atoms with Gasteiger partial charge in [-0.25, -0.2) is 4.98 Å². The van der Waals surface area contributed by atoms with Crippen molar-refractivity contribution in [2.45, 2.75) is 45.4 Å². The lowest BCUT2D eigenvalue weighted by Gasteiger charge is -2.22. The second kappa shape index (κ2) is 5.27. The Morgan fingerprint density at radius 2 is 2.00 bits per heavy atom. The molecular formula is C13H20N2OS. The van der Waals surface area contributed by atoms with Gasteiger partial charge in [0.05, 0.1) is 0 Å². The van der Waals surface area contributed by atoms with Crippen molar-refractivity contribution >= 4 is 12.2 Å². The molecule has 1 N–H and O–H groups in total. The standard InChI is InChI=1S/C13H20N2OS/c1-8(2)11-9(3)14-12(15-13(11)17)10-4-6-16-7-5-10/h8,10H,4-7H2,1-3H3,(H,14,15,17). The predicted molar refractivity (Wildman–Crippen MR) is 71.0 cm³/mol. The van der Waals surface area contributed by atoms with E-state index in [1.807, 2.05) is 0 Å². The summed E-state index contributed by atoms with van der Waals surface area (Å²) in [6, 6.07) is 0. The van der Waals surface area contributed by atoms with Gasteiger partial charge in [0.2, 0.25) is 0 Å². The third kappa shape index (κ3) is 2.75. The molecule has 0 aromatic carbocycles. The average molecular weight is 252 g/mol. The smallest absolute Gasteiger partial charge is 0.133 e. The van der Waals surface area contributed by atoms with Gasteiger partial charge < -0.3 is 9.72 Å². The van der Waals surface area contributed by atoms with Crippen LogP contribution < -0.4 is 0 Å². The van der Waals surface area contributed by atoms with Crippen LogP contribution >= 0.6 is 12.2 Å². The Balaban J connectivity index is 2.34. The Kier molecular flexibility index (Phi) is 3.94. The molecule has 4 heteroatoms. The molecule has 1 aromatic rings. The molecule has 1 saturated heterocycles. The summed E-state index contributed by atoms with van der Waals surface area (Å²) in [5.41, 5.74) is 2.34. The van der Waals surface area contributed by atoms with Crippen molar-refractivity contribution in [1.82, 2.24) is 9.97 Å². The minimum Gasteiger partial charge on any atom is -0.381 e. The van der Waals surface area contributed by atoms with Crippen molar-refractivity contribution in [3.63, 3.8) is 0 Å². The van der Waals surface area contributed by atoms with Crippen LogP contribution in [0.3, 0.4) is 0 Å². The highest BCUT2D eigenvalue weighted by atomic mass is 32.1. The molecule has 0 unspecified atom stereocenters. The minimum absolute atomic E-state index is 0.426. The van der Waals surface area contributed by atoms with Gasteiger partial charge in [0.1, 0.15) is 10.5 Å². The van der Waals surface area contributed by atoms with Crippen LogP contribution in [0.25, 0.3) is 0 Å². The molecule has 1 aromatic heterocycles. The first-order valence-electron chi connectivity index (χ1n) is 6.28. The van der Waals surface area contributed by atoms with Crippen molar-refractivity contribution in [2.24, 2.45) is 0 Å². The summed E-state index contributed by atoms with van der Waals surface area (Å²) in [7, 11) is 0. The van der Waals surface area contributed by atoms with E-state index in [0.717, 1.165) is 36.5 Å². The van der Waals surface area contributed by atoms with E-state index >= 15 is 0 Å². The highest BCUT2D eigenvalue weighted by Crippen LogP contribution is 2.26. The lowest BCUT2D eigenvalue weighted by Crippen LogP contribution is -2.17. The van der Waals surface area contributed by atoms with Gasteiger partial charge in [-0.3, -0.25) is 0 Å². The van der Waals surface area contributed by atoms with Gasteiger partial charge in [-0.2, -0.15) is 0 Å². The molecule has 1 aliphatic heterocycles. The maximum Gasteiger partial charge on any atom is 0.133 e. The van der Waals surface area contributed by atoms with Crippen LogP contribution in [-0.4, -0.2) is 23.2 Å². The fraction of sp³-hybridized carbons (Fsp3) is 0.692. The summed E-state index contributed by atoms with van der Waals surface area (Å²) < 4.78 is 6.14. The molecule has 1 aliphatic rings. The van der Waals surface area contributed by atoms with Crippen LogP contribution in [0, 0.1) is 11.6 Å². The Morgan fingerprint density at radius 3 is 2.53 bits per heavy atom. The number of H-pyrrole nitrogens is 1. The van der Waals surface area contributed by atoms with E-state index in [1.165, 1.54) is 11.3 Å². The molecule has 0 radical (unpaired) electrons. The quantitative estimate of drug-likeness (QED) is 0.819. The molecule has 0 aliphatic carbocycles. The molecule has 0 bridgehead atoms. The third-order valence-electron chi connectivity index (χ3n) is 3.36. The number of aromatic nitrogens is 2. The fourth-order valence-electron chi connectivity index (χ4n) is 2.46. The zero-order chi connectivity index (χ0) is 12.4. The van der Waals surface area contributed by atoms with E-state index in [9.17, 15) is 0 Å². The third-order valence-corrected chi connectivity index (χ3v) is 3.67. The molecule has 2 rings (SSSR count). The largest absolute Gasteiger partial charge is 0.381 e. The lowest BCUT2D eigenvalue weighted by molar-refractivity contribution is 0.0835. The zero-order valence-electron chi connectivity index (χ0n) is 10.7. The summed E-state index contributed by atoms with van der Waals surface area (Å²) >= 11 is 5.41. The highest BCUT2D eigenvalue weighted by Gasteiger charge is 2.19. The number of rotatable bonds is 2. The number of hydrogen-bond acceptors (Lipinski definition) is 3. The van der Waals surface area contributed by atoms with Crippen molar-refractivity contribution < 1.29 is 4.74 Å². The molecule has 0 spiro atoms. The van der Waals surface area contributed by atoms with Crippen molar-refractivity contribution in [2.75, 3.05) is 13.2 Å². The van der Waals surface area contributed by atoms with E-state index in [-0.39, 0.29) is 0 Å². The number of aryl methyl sites for hydroxylation is 1. The van der Waals surface area contributed by atoms with Gasteiger partial charge in [-0.15, -0.1) is 0 Å². The summed E-state index contributed by atoms with van der Waals surface area (Å²) in [5.74, 6) is 1.94. The predicted octanol–water partition coefficient (Wildman–Crippen LogP) is 3.47. The van der Waals surface area contributed by atoms with Gasteiger partial charge >= 0.3 is 0 Å². The molecule has 2 heterocycles. The van der Waals surface area contributed by atoms with Gasteiger partial charge in [-0.05, 0) is 25.7 Å². The summed E-state index contributed by atoms with van der Waals surface area (Å²) in [6.07, 6.45) is 2.08. The van der Waals surface area contributed by atoms with E-state index in [2.05, 4.69) is 30.7 Å². The molecular weight excluding hydrogens is 232 g/mol. The van der Waals surface area contributed by atoms with E-state index in [4.69, 9.17) is 17.0 Å². The lowest BCUT2D eigenvalue weighted by atomic mass is 9.98. The molecule has 0 atom stereocenters. The van der Waals surface area contributed by atoms with Gasteiger partial charge in [-0.1, -0.05) is 26.1 Å². The number of nitrogens with zero attached hydrogens (tertiary/aromatic N) is 1. The molecule has 1 fully saturated rings. The van der Waals surface area contributed by atoms with Crippen molar-refractivity contribution in [1.29, 1.82) is 0 Å². The van der Waals surface area contributed by atoms with Crippen LogP contribution in [0.15, 0.2) is 0 Å². The molecule has 17 heavy (non-hydrogen) atoms. The Hall–Kier alpha value is -0.740. The van der Waals surface area contributed by atoms with Gasteiger partial charge in [0.25, 0.3) is 0 Å². The summed E-state index contributed by atoms with van der Waals surface area (Å²) in [6.45, 7) is 8.06. The zero-order valence-corrected chi connectivity index (χ0v) is 11.6. The molecule has 0 amide bonds. The second-order valence-corrected chi connectivity index (χ2v) is 5.39. The first-order chi connectivity index (χ1) is 8.09. The monoisotopic (exact) mass is 252 g/mol. The summed E-state index contributed by atoms with van der Waals surface area (Å²) in [5, 5.41) is 0. The van der Waals surface area contributed by atoms with Gasteiger partial charge in [0, 0.05) is 30.4 Å². The van der Waals surface area contributed by atoms with E-state index < -0.39 is 0 Å². The molecule has 3 nitrogen and oxygen atoms in total. The van der Waals surface area contributed by atoms with Crippen LogP contribution in [0.2, 0.25) is 0 Å². The summed E-state index contributed by atoms with van der Waals surface area (Å²) in [4.78, 5) is 8.02. The average Bonchev–Trinajstić information content (AvgIpc) is 2.28. The molecule has 94 valence electrons. The van der Waals surface area contributed by atoms with Crippen molar-refractivity contribution in [3.8, 4) is 0 Å². The number of aromatic amines is 1.